The van der Waals surface area contributed by atoms with Crippen LogP contribution in [0.3, 0.4) is 0 Å². The van der Waals surface area contributed by atoms with Gasteiger partial charge in [-0.1, -0.05) is 11.6 Å². The largest absolute Gasteiger partial charge is 0.370 e. The van der Waals surface area contributed by atoms with Crippen molar-refractivity contribution in [1.29, 1.82) is 0 Å². The first-order valence-corrected chi connectivity index (χ1v) is 5.43. The van der Waals surface area contributed by atoms with Crippen LogP contribution in [0.4, 0.5) is 10.5 Å². The number of anilines is 1. The minimum atomic E-state index is -0.633. The third kappa shape index (κ3) is 3.39. The average molecular weight is 306 g/mol. The second kappa shape index (κ2) is 5.18. The van der Waals surface area contributed by atoms with Crippen LogP contribution in [0, 0.1) is 6.92 Å². The number of nitrogens with zero attached hydrogens (tertiary/aromatic N) is 1. The van der Waals surface area contributed by atoms with Crippen LogP contribution in [0.1, 0.15) is 5.56 Å². The van der Waals surface area contributed by atoms with Crippen LogP contribution in [-0.2, 0) is 0 Å². The number of halogens is 2. The molecule has 16 heavy (non-hydrogen) atoms. The summed E-state index contributed by atoms with van der Waals surface area (Å²) in [5.74, 6) is -0.291. The molecule has 86 valence electrons. The molecule has 0 aliphatic carbocycles. The van der Waals surface area contributed by atoms with E-state index < -0.39 is 6.03 Å². The Kier molecular flexibility index (Phi) is 4.14. The van der Waals surface area contributed by atoms with Crippen molar-refractivity contribution in [2.24, 2.45) is 16.5 Å². The summed E-state index contributed by atoms with van der Waals surface area (Å²) < 4.78 is 0.664. The zero-order valence-electron chi connectivity index (χ0n) is 8.42. The Bertz CT molecular complexity index is 434. The van der Waals surface area contributed by atoms with Gasteiger partial charge < -0.3 is 16.8 Å². The van der Waals surface area contributed by atoms with Gasteiger partial charge in [-0.25, -0.2) is 4.79 Å². The predicted octanol–water partition coefficient (Wildman–Crippen LogP) is 2.22. The van der Waals surface area contributed by atoms with Crippen molar-refractivity contribution in [3.63, 3.8) is 0 Å². The number of nitrogens with two attached hydrogens (primary N) is 2. The molecule has 0 aliphatic rings. The minimum absolute atomic E-state index is 0.291. The molecule has 0 spiro atoms. The monoisotopic (exact) mass is 304 g/mol. The highest BCUT2D eigenvalue weighted by atomic mass is 79.9. The number of guanidine groups is 1. The van der Waals surface area contributed by atoms with Gasteiger partial charge >= 0.3 is 6.03 Å². The summed E-state index contributed by atoms with van der Waals surface area (Å²) in [7, 11) is 0. The molecule has 0 fully saturated rings. The summed E-state index contributed by atoms with van der Waals surface area (Å²) in [5, 5.41) is 3.12. The summed E-state index contributed by atoms with van der Waals surface area (Å²) >= 11 is 9.12. The lowest BCUT2D eigenvalue weighted by Gasteiger charge is -2.09. The molecule has 1 rings (SSSR count). The molecule has 2 amide bonds. The Hall–Kier alpha value is -1.27. The van der Waals surface area contributed by atoms with E-state index in [4.69, 9.17) is 23.1 Å². The van der Waals surface area contributed by atoms with Gasteiger partial charge in [0.05, 0.1) is 5.69 Å². The van der Waals surface area contributed by atoms with Crippen molar-refractivity contribution in [3.05, 3.63) is 27.2 Å². The van der Waals surface area contributed by atoms with Crippen molar-refractivity contribution in [2.75, 3.05) is 5.32 Å². The number of rotatable bonds is 1. The van der Waals surface area contributed by atoms with Gasteiger partial charge in [0.1, 0.15) is 0 Å². The number of hydrogen-bond acceptors (Lipinski definition) is 1. The fourth-order valence-corrected chi connectivity index (χ4v) is 2.18. The molecule has 0 bridgehead atoms. The number of urea groups is 1. The summed E-state index contributed by atoms with van der Waals surface area (Å²) in [5.41, 5.74) is 11.5. The van der Waals surface area contributed by atoms with Crippen molar-refractivity contribution in [2.45, 2.75) is 6.92 Å². The summed E-state index contributed by atoms with van der Waals surface area (Å²) in [4.78, 5) is 14.6. The zero-order chi connectivity index (χ0) is 12.3. The molecule has 0 saturated heterocycles. The van der Waals surface area contributed by atoms with E-state index in [9.17, 15) is 4.79 Å². The Morgan fingerprint density at radius 1 is 1.50 bits per heavy atom. The Morgan fingerprint density at radius 3 is 2.62 bits per heavy atom. The van der Waals surface area contributed by atoms with E-state index in [1.165, 1.54) is 0 Å². The first kappa shape index (κ1) is 12.8. The molecule has 0 heterocycles. The van der Waals surface area contributed by atoms with Crippen LogP contribution in [0.5, 0.6) is 0 Å². The van der Waals surface area contributed by atoms with E-state index in [-0.39, 0.29) is 5.96 Å². The van der Waals surface area contributed by atoms with E-state index in [1.807, 2.05) is 6.92 Å². The molecule has 1 aromatic rings. The van der Waals surface area contributed by atoms with Crippen LogP contribution in [0.25, 0.3) is 0 Å². The number of aryl methyl sites for hydroxylation is 1. The zero-order valence-corrected chi connectivity index (χ0v) is 10.8. The molecule has 5 nitrogen and oxygen atoms in total. The normalized spacial score (nSPS) is 9.69. The Labute approximate surface area is 106 Å². The van der Waals surface area contributed by atoms with Gasteiger partial charge in [0.15, 0.2) is 5.96 Å². The number of nitrogens with one attached hydrogen (secondary N) is 1. The van der Waals surface area contributed by atoms with Gasteiger partial charge in [-0.3, -0.25) is 0 Å². The van der Waals surface area contributed by atoms with Crippen molar-refractivity contribution >= 4 is 45.2 Å². The standard InChI is InChI=1S/C9H10BrClN4O/c1-4-2-5(11)3-6(10)7(4)14-9(16)15-8(12)13/h2-3H,1H3,(H5,12,13,14,15,16). The highest BCUT2D eigenvalue weighted by Gasteiger charge is 2.08. The Balaban J connectivity index is 2.98. The lowest BCUT2D eigenvalue weighted by molar-refractivity contribution is 0.259. The molecular weight excluding hydrogens is 295 g/mol. The molecule has 0 atom stereocenters. The van der Waals surface area contributed by atoms with Gasteiger partial charge in [-0.05, 0) is 40.5 Å². The maximum Gasteiger partial charge on any atom is 0.348 e. The van der Waals surface area contributed by atoms with E-state index >= 15 is 0 Å². The molecular formula is C9H10BrClN4O. The van der Waals surface area contributed by atoms with Crippen molar-refractivity contribution < 1.29 is 4.79 Å². The van der Waals surface area contributed by atoms with Gasteiger partial charge in [-0.2, -0.15) is 4.99 Å². The molecule has 0 aliphatic heterocycles. The number of amides is 2. The highest BCUT2D eigenvalue weighted by molar-refractivity contribution is 9.10. The van der Waals surface area contributed by atoms with Crippen molar-refractivity contribution in [3.8, 4) is 0 Å². The number of aliphatic imine (C=N–C) groups is 1. The van der Waals surface area contributed by atoms with Crippen LogP contribution in [0.15, 0.2) is 21.6 Å². The second-order valence-corrected chi connectivity index (χ2v) is 4.34. The van der Waals surface area contributed by atoms with Gasteiger partial charge in [-0.15, -0.1) is 0 Å². The predicted molar refractivity (Wildman–Crippen MR) is 68.7 cm³/mol. The fourth-order valence-electron chi connectivity index (χ4n) is 1.11. The van der Waals surface area contributed by atoms with E-state index in [1.54, 1.807) is 12.1 Å². The molecule has 5 N–H and O–H groups in total. The van der Waals surface area contributed by atoms with Crippen LogP contribution < -0.4 is 16.8 Å². The molecule has 7 heteroatoms. The lowest BCUT2D eigenvalue weighted by Crippen LogP contribution is -2.25. The van der Waals surface area contributed by atoms with E-state index in [2.05, 4.69) is 26.2 Å². The molecule has 0 unspecified atom stereocenters. The van der Waals surface area contributed by atoms with Gasteiger partial charge in [0.2, 0.25) is 0 Å². The third-order valence-corrected chi connectivity index (χ3v) is 2.56. The lowest BCUT2D eigenvalue weighted by atomic mass is 10.2. The van der Waals surface area contributed by atoms with E-state index in [0.717, 1.165) is 5.56 Å². The van der Waals surface area contributed by atoms with Crippen molar-refractivity contribution in [1.82, 2.24) is 0 Å². The number of carbonyl (C=O) groups is 1. The summed E-state index contributed by atoms with van der Waals surface area (Å²) in [6.45, 7) is 1.81. The second-order valence-electron chi connectivity index (χ2n) is 3.05. The topological polar surface area (TPSA) is 93.5 Å². The molecule has 0 saturated carbocycles. The van der Waals surface area contributed by atoms with Crippen LogP contribution in [-0.4, -0.2) is 12.0 Å². The summed E-state index contributed by atoms with van der Waals surface area (Å²) in [6, 6.07) is 2.75. The SMILES string of the molecule is Cc1cc(Cl)cc(Br)c1NC(=O)N=C(N)N. The average Bonchev–Trinajstić information content (AvgIpc) is 2.09. The Morgan fingerprint density at radius 2 is 2.12 bits per heavy atom. The first-order valence-electron chi connectivity index (χ1n) is 4.26. The molecule has 1 aromatic carbocycles. The number of carbonyl (C=O) groups excluding carboxylic acids is 1. The maximum absolute atomic E-state index is 11.3. The maximum atomic E-state index is 11.3. The van der Waals surface area contributed by atoms with E-state index in [0.29, 0.717) is 15.2 Å². The third-order valence-electron chi connectivity index (χ3n) is 1.71. The molecule has 0 radical (unpaired) electrons. The summed E-state index contributed by atoms with van der Waals surface area (Å²) in [6.07, 6.45) is 0. The number of hydrogen-bond donors (Lipinski definition) is 3. The molecule has 0 aromatic heterocycles. The highest BCUT2D eigenvalue weighted by Crippen LogP contribution is 2.29. The van der Waals surface area contributed by atoms with Crippen LogP contribution >= 0.6 is 27.5 Å². The van der Waals surface area contributed by atoms with Gasteiger partial charge in [0, 0.05) is 9.50 Å². The first-order chi connectivity index (χ1) is 7.40. The number of benzene rings is 1. The smallest absolute Gasteiger partial charge is 0.348 e. The van der Waals surface area contributed by atoms with Crippen LogP contribution in [0.2, 0.25) is 5.02 Å². The quantitative estimate of drug-likeness (QED) is 0.548. The van der Waals surface area contributed by atoms with Gasteiger partial charge in [0.25, 0.3) is 0 Å². The minimum Gasteiger partial charge on any atom is -0.370 e. The fraction of sp³-hybridized carbons (Fsp3) is 0.111.